The van der Waals surface area contributed by atoms with Gasteiger partial charge >= 0.3 is 5.97 Å². The zero-order chi connectivity index (χ0) is 22.0. The van der Waals surface area contributed by atoms with Crippen LogP contribution in [0.15, 0.2) is 30.3 Å². The van der Waals surface area contributed by atoms with E-state index >= 15 is 0 Å². The Hall–Kier alpha value is -3.28. The van der Waals surface area contributed by atoms with E-state index in [2.05, 4.69) is 0 Å². The Labute approximate surface area is 175 Å². The van der Waals surface area contributed by atoms with E-state index in [0.717, 1.165) is 27.2 Å². The quantitative estimate of drug-likeness (QED) is 0.397. The summed E-state index contributed by atoms with van der Waals surface area (Å²) >= 11 is 0. The SMILES string of the molecule is Cc1cc(C(=O)COC(=O)CCCN2C(=O)c3ccccc3C2=O)c(C)c(C)c1C. The van der Waals surface area contributed by atoms with Gasteiger partial charge in [0.25, 0.3) is 11.8 Å². The summed E-state index contributed by atoms with van der Waals surface area (Å²) < 4.78 is 5.13. The molecule has 2 aromatic rings. The lowest BCUT2D eigenvalue weighted by molar-refractivity contribution is -0.142. The third-order valence-corrected chi connectivity index (χ3v) is 5.79. The minimum Gasteiger partial charge on any atom is -0.457 e. The second-order valence-corrected chi connectivity index (χ2v) is 7.61. The summed E-state index contributed by atoms with van der Waals surface area (Å²) in [6.45, 7) is 7.63. The molecule has 2 aromatic carbocycles. The summed E-state index contributed by atoms with van der Waals surface area (Å²) in [5.74, 6) is -1.47. The second kappa shape index (κ2) is 8.61. The minimum atomic E-state index is -0.529. The van der Waals surface area contributed by atoms with Crippen molar-refractivity contribution in [3.63, 3.8) is 0 Å². The Morgan fingerprint density at radius 1 is 0.900 bits per heavy atom. The molecule has 0 atom stereocenters. The average molecular weight is 407 g/mol. The number of ether oxygens (including phenoxy) is 1. The fraction of sp³-hybridized carbons (Fsp3) is 0.333. The van der Waals surface area contributed by atoms with Crippen LogP contribution in [0.3, 0.4) is 0 Å². The van der Waals surface area contributed by atoms with Gasteiger partial charge in [0.1, 0.15) is 0 Å². The van der Waals surface area contributed by atoms with Gasteiger partial charge < -0.3 is 4.74 Å². The van der Waals surface area contributed by atoms with Gasteiger partial charge in [0.15, 0.2) is 6.61 Å². The molecule has 0 N–H and O–H groups in total. The van der Waals surface area contributed by atoms with Gasteiger partial charge in [-0.3, -0.25) is 24.1 Å². The molecule has 30 heavy (non-hydrogen) atoms. The lowest BCUT2D eigenvalue weighted by atomic mass is 9.93. The van der Waals surface area contributed by atoms with Crippen LogP contribution < -0.4 is 0 Å². The molecule has 1 heterocycles. The number of rotatable bonds is 7. The van der Waals surface area contributed by atoms with Gasteiger partial charge in [0.05, 0.1) is 11.1 Å². The highest BCUT2D eigenvalue weighted by Crippen LogP contribution is 2.23. The summed E-state index contributed by atoms with van der Waals surface area (Å²) in [5.41, 5.74) is 5.46. The standard InChI is InChI=1S/C24H25NO5/c1-14-12-20(17(4)16(3)15(14)2)21(26)13-30-22(27)10-7-11-25-23(28)18-8-5-6-9-19(18)24(25)29/h5-6,8-9,12H,7,10-11,13H2,1-4H3. The Morgan fingerprint density at radius 3 is 2.10 bits per heavy atom. The van der Waals surface area contributed by atoms with Crippen molar-refractivity contribution < 1.29 is 23.9 Å². The highest BCUT2D eigenvalue weighted by atomic mass is 16.5. The van der Waals surface area contributed by atoms with Gasteiger partial charge in [-0.2, -0.15) is 0 Å². The maximum absolute atomic E-state index is 12.5. The molecular formula is C24H25NO5. The second-order valence-electron chi connectivity index (χ2n) is 7.61. The lowest BCUT2D eigenvalue weighted by Crippen LogP contribution is -2.31. The Morgan fingerprint density at radius 2 is 1.50 bits per heavy atom. The third kappa shape index (κ3) is 4.03. The van der Waals surface area contributed by atoms with Gasteiger partial charge in [-0.15, -0.1) is 0 Å². The summed E-state index contributed by atoms with van der Waals surface area (Å²) in [6.07, 6.45) is 0.298. The molecule has 0 radical (unpaired) electrons. The fourth-order valence-corrected chi connectivity index (χ4v) is 3.62. The number of hydrogen-bond donors (Lipinski definition) is 0. The fourth-order valence-electron chi connectivity index (χ4n) is 3.62. The molecule has 6 nitrogen and oxygen atoms in total. The van der Waals surface area contributed by atoms with E-state index in [-0.39, 0.29) is 43.6 Å². The summed E-state index contributed by atoms with van der Waals surface area (Å²) in [7, 11) is 0. The number of amides is 2. The van der Waals surface area contributed by atoms with Crippen LogP contribution in [0.1, 0.15) is 66.2 Å². The first kappa shape index (κ1) is 21.4. The van der Waals surface area contributed by atoms with Gasteiger partial charge in [-0.05, 0) is 74.6 Å². The average Bonchev–Trinajstić information content (AvgIpc) is 2.98. The molecule has 0 spiro atoms. The predicted octanol–water partition coefficient (Wildman–Crippen LogP) is 3.72. The lowest BCUT2D eigenvalue weighted by Gasteiger charge is -2.14. The molecule has 156 valence electrons. The van der Waals surface area contributed by atoms with E-state index in [4.69, 9.17) is 4.74 Å². The van der Waals surface area contributed by atoms with Gasteiger partial charge in [-0.1, -0.05) is 12.1 Å². The maximum Gasteiger partial charge on any atom is 0.306 e. The summed E-state index contributed by atoms with van der Waals surface area (Å²) in [6, 6.07) is 8.48. The molecule has 0 bridgehead atoms. The van der Waals surface area contributed by atoms with Crippen LogP contribution in [0.2, 0.25) is 0 Å². The molecule has 2 amide bonds. The Bertz CT molecular complexity index is 1020. The van der Waals surface area contributed by atoms with Crippen LogP contribution in [0.5, 0.6) is 0 Å². The Kier molecular flexibility index (Phi) is 6.15. The van der Waals surface area contributed by atoms with Gasteiger partial charge in [0, 0.05) is 18.5 Å². The number of carbonyl (C=O) groups excluding carboxylic acids is 4. The maximum atomic E-state index is 12.5. The van der Waals surface area contributed by atoms with Crippen LogP contribution >= 0.6 is 0 Å². The van der Waals surface area contributed by atoms with Crippen LogP contribution in [0, 0.1) is 27.7 Å². The van der Waals surface area contributed by atoms with E-state index in [9.17, 15) is 19.2 Å². The highest BCUT2D eigenvalue weighted by molar-refractivity contribution is 6.21. The number of imide groups is 1. The first-order valence-electron chi connectivity index (χ1n) is 9.93. The molecule has 0 fully saturated rings. The highest BCUT2D eigenvalue weighted by Gasteiger charge is 2.34. The normalized spacial score (nSPS) is 12.9. The van der Waals surface area contributed by atoms with E-state index in [0.29, 0.717) is 16.7 Å². The topological polar surface area (TPSA) is 80.8 Å². The summed E-state index contributed by atoms with van der Waals surface area (Å²) in [5, 5.41) is 0. The van der Waals surface area contributed by atoms with E-state index in [1.54, 1.807) is 24.3 Å². The minimum absolute atomic E-state index is 0.0195. The monoisotopic (exact) mass is 407 g/mol. The zero-order valence-electron chi connectivity index (χ0n) is 17.7. The Balaban J connectivity index is 1.50. The van der Waals surface area contributed by atoms with Crippen LogP contribution in [0.25, 0.3) is 0 Å². The van der Waals surface area contributed by atoms with Crippen LogP contribution in [-0.4, -0.2) is 41.6 Å². The molecule has 0 saturated heterocycles. The van der Waals surface area contributed by atoms with Gasteiger partial charge in [0.2, 0.25) is 5.78 Å². The molecule has 0 unspecified atom stereocenters. The third-order valence-electron chi connectivity index (χ3n) is 5.79. The molecule has 6 heteroatoms. The molecule has 3 rings (SSSR count). The van der Waals surface area contributed by atoms with Crippen LogP contribution in [0.4, 0.5) is 0 Å². The number of Topliss-reactive ketones (excluding diaryl/α,β-unsaturated/α-hetero) is 1. The number of aryl methyl sites for hydroxylation is 1. The number of fused-ring (bicyclic) bond motifs is 1. The van der Waals surface area contributed by atoms with Crippen molar-refractivity contribution in [2.24, 2.45) is 0 Å². The number of ketones is 1. The largest absolute Gasteiger partial charge is 0.457 e. The predicted molar refractivity (Wildman–Crippen MR) is 112 cm³/mol. The van der Waals surface area contributed by atoms with Crippen molar-refractivity contribution in [2.45, 2.75) is 40.5 Å². The van der Waals surface area contributed by atoms with Crippen molar-refractivity contribution in [3.8, 4) is 0 Å². The number of carbonyl (C=O) groups is 4. The van der Waals surface area contributed by atoms with Gasteiger partial charge in [-0.25, -0.2) is 0 Å². The van der Waals surface area contributed by atoms with Crippen molar-refractivity contribution >= 4 is 23.6 Å². The van der Waals surface area contributed by atoms with Crippen molar-refractivity contribution in [1.82, 2.24) is 4.90 Å². The smallest absolute Gasteiger partial charge is 0.306 e. The van der Waals surface area contributed by atoms with Crippen molar-refractivity contribution in [1.29, 1.82) is 0 Å². The molecule has 0 saturated carbocycles. The number of hydrogen-bond acceptors (Lipinski definition) is 5. The number of benzene rings is 2. The first-order chi connectivity index (χ1) is 14.2. The molecule has 0 aromatic heterocycles. The molecular weight excluding hydrogens is 382 g/mol. The number of nitrogens with zero attached hydrogens (tertiary/aromatic N) is 1. The summed E-state index contributed by atoms with van der Waals surface area (Å²) in [4.78, 5) is 50.3. The van der Waals surface area contributed by atoms with E-state index in [1.807, 2.05) is 33.8 Å². The first-order valence-corrected chi connectivity index (χ1v) is 9.93. The van der Waals surface area contributed by atoms with Crippen molar-refractivity contribution in [3.05, 3.63) is 69.3 Å². The molecule has 0 aliphatic carbocycles. The van der Waals surface area contributed by atoms with Crippen molar-refractivity contribution in [2.75, 3.05) is 13.2 Å². The number of esters is 1. The van der Waals surface area contributed by atoms with Crippen LogP contribution in [-0.2, 0) is 9.53 Å². The van der Waals surface area contributed by atoms with E-state index < -0.39 is 5.97 Å². The molecule has 1 aliphatic rings. The van der Waals surface area contributed by atoms with E-state index in [1.165, 1.54) is 0 Å². The zero-order valence-corrected chi connectivity index (χ0v) is 17.7. The molecule has 1 aliphatic heterocycles.